The lowest BCUT2D eigenvalue weighted by molar-refractivity contribution is 0.0981. The van der Waals surface area contributed by atoms with Crippen molar-refractivity contribution in [1.29, 1.82) is 0 Å². The van der Waals surface area contributed by atoms with Crippen molar-refractivity contribution < 1.29 is 9.50 Å². The van der Waals surface area contributed by atoms with E-state index in [1.165, 1.54) is 12.1 Å². The first kappa shape index (κ1) is 11.1. The molecule has 1 nitrogen and oxygen atoms in total. The molecule has 0 heterocycles. The Morgan fingerprint density at radius 2 is 1.85 bits per heavy atom. The molecule has 0 aliphatic rings. The highest BCUT2D eigenvalue weighted by molar-refractivity contribution is 6.47. The summed E-state index contributed by atoms with van der Waals surface area (Å²) in [6.07, 6.45) is -1.65. The van der Waals surface area contributed by atoms with Gasteiger partial charge in [0.2, 0.25) is 0 Å². The van der Waals surface area contributed by atoms with Crippen LogP contribution in [0, 0.1) is 0 Å². The molecule has 1 atom stereocenters. The molecule has 0 spiro atoms. The average Bonchev–Trinajstić information content (AvgIpc) is 2.02. The molecule has 0 saturated heterocycles. The number of rotatable bonds is 2. The number of hydrogen-bond acceptors (Lipinski definition) is 1. The number of alkyl halides is 3. The molecule has 1 N–H and O–H groups in total. The van der Waals surface area contributed by atoms with Gasteiger partial charge in [-0.3, -0.25) is 0 Å². The number of halogens is 4. The second-order valence-corrected chi connectivity index (χ2v) is 4.17. The van der Waals surface area contributed by atoms with Crippen molar-refractivity contribution in [3.63, 3.8) is 0 Å². The molecule has 1 unspecified atom stereocenters. The summed E-state index contributed by atoms with van der Waals surface area (Å²) < 4.78 is 10.1. The van der Waals surface area contributed by atoms with Crippen LogP contribution in [0.4, 0.5) is 4.39 Å². The van der Waals surface area contributed by atoms with Gasteiger partial charge in [0, 0.05) is 10.6 Å². The Kier molecular flexibility index (Phi) is 3.41. The smallest absolute Gasteiger partial charge is 0.287 e. The predicted molar refractivity (Wildman–Crippen MR) is 52.0 cm³/mol. The van der Waals surface area contributed by atoms with Crippen molar-refractivity contribution in [2.24, 2.45) is 0 Å². The Labute approximate surface area is 90.0 Å². The third kappa shape index (κ3) is 2.71. The molecule has 1 rings (SSSR count). The molecule has 13 heavy (non-hydrogen) atoms. The predicted octanol–water partition coefficient (Wildman–Crippen LogP) is 3.47. The van der Waals surface area contributed by atoms with Crippen LogP contribution in [-0.4, -0.2) is 9.69 Å². The second-order valence-electron chi connectivity index (χ2n) is 2.47. The Bertz CT molecular complexity index is 298. The Balaban J connectivity index is 3.02. The van der Waals surface area contributed by atoms with Crippen LogP contribution in [0.25, 0.3) is 0 Å². The molecule has 0 radical (unpaired) electrons. The highest BCUT2D eigenvalue weighted by atomic mass is 35.5. The van der Waals surface area contributed by atoms with E-state index in [-0.39, 0.29) is 10.6 Å². The Morgan fingerprint density at radius 1 is 1.31 bits per heavy atom. The minimum atomic E-state index is -2.73. The van der Waals surface area contributed by atoms with Gasteiger partial charge in [-0.05, 0) is 6.07 Å². The van der Waals surface area contributed by atoms with Gasteiger partial charge in [-0.25, -0.2) is 4.39 Å². The molecule has 0 amide bonds. The summed E-state index contributed by atoms with van der Waals surface area (Å²) in [5.74, 6) is 0. The first-order valence-corrected chi connectivity index (χ1v) is 4.55. The maximum absolute atomic E-state index is 12.9. The fourth-order valence-corrected chi connectivity index (χ4v) is 1.35. The van der Waals surface area contributed by atoms with Crippen molar-refractivity contribution >= 4 is 34.8 Å². The van der Waals surface area contributed by atoms with Crippen LogP contribution in [-0.2, 0) is 0 Å². The largest absolute Gasteiger partial charge is 0.382 e. The number of benzene rings is 1. The molecule has 0 saturated carbocycles. The maximum atomic E-state index is 12.9. The maximum Gasteiger partial charge on any atom is 0.287 e. The minimum absolute atomic E-state index is 0.164. The van der Waals surface area contributed by atoms with Crippen molar-refractivity contribution in [2.75, 3.05) is 0 Å². The Hall–Kier alpha value is -0.0200. The zero-order valence-electron chi connectivity index (χ0n) is 6.35. The normalized spacial score (nSPS) is 14.2. The van der Waals surface area contributed by atoms with Crippen molar-refractivity contribution in [1.82, 2.24) is 0 Å². The number of aliphatic hydroxyl groups excluding tert-OH is 1. The summed E-state index contributed by atoms with van der Waals surface area (Å²) in [5, 5.41) is 9.54. The number of hydrogen-bond donors (Lipinski definition) is 1. The molecule has 0 aromatic heterocycles. The van der Waals surface area contributed by atoms with Crippen molar-refractivity contribution in [3.8, 4) is 0 Å². The van der Waals surface area contributed by atoms with Gasteiger partial charge in [-0.1, -0.05) is 53.0 Å². The van der Waals surface area contributed by atoms with E-state index in [0.29, 0.717) is 0 Å². The van der Waals surface area contributed by atoms with E-state index < -0.39 is 10.7 Å². The van der Waals surface area contributed by atoms with Gasteiger partial charge in [0.15, 0.2) is 0 Å². The van der Waals surface area contributed by atoms with Gasteiger partial charge < -0.3 is 5.11 Å². The fraction of sp³-hybridized carbons (Fsp3) is 0.250. The average molecular weight is 243 g/mol. The topological polar surface area (TPSA) is 20.2 Å². The molecule has 1 aromatic carbocycles. The van der Waals surface area contributed by atoms with Crippen LogP contribution in [0.2, 0.25) is 5.02 Å². The molecule has 72 valence electrons. The molecule has 0 aliphatic heterocycles. The van der Waals surface area contributed by atoms with E-state index in [1.54, 1.807) is 12.1 Å². The van der Waals surface area contributed by atoms with Crippen LogP contribution < -0.4 is 0 Å². The van der Waals surface area contributed by atoms with E-state index in [1.807, 2.05) is 0 Å². The van der Waals surface area contributed by atoms with Crippen LogP contribution in [0.1, 0.15) is 11.7 Å². The highest BCUT2D eigenvalue weighted by Crippen LogP contribution is 2.39. The zero-order chi connectivity index (χ0) is 10.1. The van der Waals surface area contributed by atoms with Gasteiger partial charge in [-0.2, -0.15) is 0 Å². The van der Waals surface area contributed by atoms with Crippen LogP contribution >= 0.6 is 34.8 Å². The summed E-state index contributed by atoms with van der Waals surface area (Å²) in [7, 11) is 0. The first-order chi connectivity index (χ1) is 5.93. The van der Waals surface area contributed by atoms with Gasteiger partial charge in [0.25, 0.3) is 4.59 Å². The van der Waals surface area contributed by atoms with Gasteiger partial charge in [0.1, 0.15) is 6.10 Å². The van der Waals surface area contributed by atoms with Gasteiger partial charge in [-0.15, -0.1) is 0 Å². The molecule has 5 heteroatoms. The lowest BCUT2D eigenvalue weighted by Crippen LogP contribution is -2.17. The van der Waals surface area contributed by atoms with E-state index >= 15 is 0 Å². The third-order valence-corrected chi connectivity index (χ3v) is 2.27. The fourth-order valence-electron chi connectivity index (χ4n) is 0.873. The van der Waals surface area contributed by atoms with Crippen molar-refractivity contribution in [3.05, 3.63) is 34.9 Å². The molecule has 0 fully saturated rings. The quantitative estimate of drug-likeness (QED) is 0.789. The van der Waals surface area contributed by atoms with Gasteiger partial charge >= 0.3 is 0 Å². The minimum Gasteiger partial charge on any atom is -0.382 e. The lowest BCUT2D eigenvalue weighted by Gasteiger charge is -2.18. The highest BCUT2D eigenvalue weighted by Gasteiger charge is 2.35. The van der Waals surface area contributed by atoms with E-state index in [0.717, 1.165) is 0 Å². The lowest BCUT2D eigenvalue weighted by atomic mass is 10.1. The van der Waals surface area contributed by atoms with Crippen LogP contribution in [0.3, 0.4) is 0 Å². The molecule has 1 aromatic rings. The summed E-state index contributed by atoms with van der Waals surface area (Å²) in [6, 6.07) is 6.22. The first-order valence-electron chi connectivity index (χ1n) is 3.42. The molecule has 0 bridgehead atoms. The monoisotopic (exact) mass is 242 g/mol. The summed E-state index contributed by atoms with van der Waals surface area (Å²) in [5.41, 5.74) is 0.164. The standard InChI is InChI=1S/C8H6Cl3FO/c9-6-4-2-1-3-5(6)7(13)8(10,11)12/h1-4,7,13H. The van der Waals surface area contributed by atoms with E-state index in [2.05, 4.69) is 0 Å². The van der Waals surface area contributed by atoms with Crippen LogP contribution in [0.15, 0.2) is 24.3 Å². The van der Waals surface area contributed by atoms with Crippen molar-refractivity contribution in [2.45, 2.75) is 10.7 Å². The van der Waals surface area contributed by atoms with Gasteiger partial charge in [0.05, 0.1) is 0 Å². The summed E-state index contributed by atoms with van der Waals surface area (Å²) >= 11 is 15.8. The van der Waals surface area contributed by atoms with Crippen LogP contribution in [0.5, 0.6) is 0 Å². The SMILES string of the molecule is OC(c1ccccc1Cl)C(F)(Cl)Cl. The molecular formula is C8H6Cl3FO. The number of aliphatic hydroxyl groups is 1. The third-order valence-electron chi connectivity index (χ3n) is 1.51. The molecule has 0 aliphatic carbocycles. The van der Waals surface area contributed by atoms with E-state index in [4.69, 9.17) is 34.8 Å². The Morgan fingerprint density at radius 3 is 2.31 bits per heavy atom. The van der Waals surface area contributed by atoms with E-state index in [9.17, 15) is 9.50 Å². The zero-order valence-corrected chi connectivity index (χ0v) is 8.61. The summed E-state index contributed by atoms with van der Waals surface area (Å²) in [6.45, 7) is 0. The summed E-state index contributed by atoms with van der Waals surface area (Å²) in [4.78, 5) is 0. The second kappa shape index (κ2) is 4.01. The molecular weight excluding hydrogens is 237 g/mol.